The van der Waals surface area contributed by atoms with E-state index in [0.717, 1.165) is 0 Å². The Kier molecular flexibility index (Phi) is 4.76. The molecule has 3 heteroatoms. The van der Waals surface area contributed by atoms with E-state index >= 15 is 0 Å². The SMILES string of the molecule is C/C=c1\c(=C/NC)c2cnccc2n1C.CC. The summed E-state index contributed by atoms with van der Waals surface area (Å²) in [6.45, 7) is 6.05. The Morgan fingerprint density at radius 2 is 2.06 bits per heavy atom. The molecule has 0 aliphatic rings. The Morgan fingerprint density at radius 3 is 2.65 bits per heavy atom. The average molecular weight is 231 g/mol. The number of rotatable bonds is 1. The molecule has 0 unspecified atom stereocenters. The lowest BCUT2D eigenvalue weighted by molar-refractivity contribution is 0.922. The molecule has 2 rings (SSSR count). The molecule has 92 valence electrons. The summed E-state index contributed by atoms with van der Waals surface area (Å²) in [5.74, 6) is 0. The van der Waals surface area contributed by atoms with Gasteiger partial charge in [-0.3, -0.25) is 4.98 Å². The molecule has 0 radical (unpaired) electrons. The minimum absolute atomic E-state index is 1.18. The molecule has 0 amide bonds. The zero-order valence-electron chi connectivity index (χ0n) is 11.3. The highest BCUT2D eigenvalue weighted by Gasteiger charge is 2.02. The van der Waals surface area contributed by atoms with E-state index in [1.807, 2.05) is 45.6 Å². The molecular formula is C14H21N3. The standard InChI is InChI=1S/C12H15N3.C2H6/c1-4-11-9(7-13-2)10-8-14-6-5-12(10)15(11)3;1-2/h4-8,13H,1-3H3;1-2H3/b9-7-,11-4+;. The van der Waals surface area contributed by atoms with Gasteiger partial charge in [0.15, 0.2) is 0 Å². The van der Waals surface area contributed by atoms with E-state index in [1.165, 1.54) is 21.5 Å². The largest absolute Gasteiger partial charge is 0.393 e. The molecular weight excluding hydrogens is 210 g/mol. The predicted octanol–water partition coefficient (Wildman–Crippen LogP) is 1.36. The highest BCUT2D eigenvalue weighted by atomic mass is 14.9. The van der Waals surface area contributed by atoms with Gasteiger partial charge in [0.1, 0.15) is 0 Å². The third-order valence-corrected chi connectivity index (χ3v) is 2.65. The first kappa shape index (κ1) is 13.3. The van der Waals surface area contributed by atoms with Crippen LogP contribution < -0.4 is 15.9 Å². The Bertz CT molecular complexity index is 594. The van der Waals surface area contributed by atoms with Crippen LogP contribution in [0.3, 0.4) is 0 Å². The topological polar surface area (TPSA) is 29.9 Å². The molecule has 0 saturated heterocycles. The second-order valence-corrected chi connectivity index (χ2v) is 3.47. The molecule has 0 aromatic carbocycles. The van der Waals surface area contributed by atoms with Gasteiger partial charge in [-0.15, -0.1) is 0 Å². The number of nitrogens with one attached hydrogen (secondary N) is 1. The number of hydrogen-bond donors (Lipinski definition) is 1. The fourth-order valence-corrected chi connectivity index (χ4v) is 1.98. The monoisotopic (exact) mass is 231 g/mol. The molecule has 0 fully saturated rings. The van der Waals surface area contributed by atoms with Crippen LogP contribution in [0.4, 0.5) is 0 Å². The fourth-order valence-electron chi connectivity index (χ4n) is 1.98. The van der Waals surface area contributed by atoms with E-state index in [-0.39, 0.29) is 0 Å². The number of aryl methyl sites for hydroxylation is 1. The summed E-state index contributed by atoms with van der Waals surface area (Å²) in [4.78, 5) is 4.17. The number of hydrogen-bond acceptors (Lipinski definition) is 2. The van der Waals surface area contributed by atoms with E-state index in [2.05, 4.69) is 34.9 Å². The van der Waals surface area contributed by atoms with Crippen molar-refractivity contribution in [2.45, 2.75) is 20.8 Å². The minimum atomic E-state index is 1.18. The van der Waals surface area contributed by atoms with E-state index in [9.17, 15) is 0 Å². The highest BCUT2D eigenvalue weighted by molar-refractivity contribution is 5.80. The first-order chi connectivity index (χ1) is 8.29. The summed E-state index contributed by atoms with van der Waals surface area (Å²) in [6.07, 6.45) is 7.86. The van der Waals surface area contributed by atoms with E-state index in [1.54, 1.807) is 0 Å². The van der Waals surface area contributed by atoms with E-state index < -0.39 is 0 Å². The van der Waals surface area contributed by atoms with Crippen LogP contribution in [-0.2, 0) is 7.05 Å². The predicted molar refractivity (Wildman–Crippen MR) is 75.0 cm³/mol. The summed E-state index contributed by atoms with van der Waals surface area (Å²) in [5, 5.41) is 6.68. The summed E-state index contributed by atoms with van der Waals surface area (Å²) in [7, 11) is 3.99. The zero-order chi connectivity index (χ0) is 12.8. The lowest BCUT2D eigenvalue weighted by Crippen LogP contribution is -2.28. The van der Waals surface area contributed by atoms with Gasteiger partial charge in [0.2, 0.25) is 0 Å². The van der Waals surface area contributed by atoms with Crippen molar-refractivity contribution in [2.75, 3.05) is 7.05 Å². The van der Waals surface area contributed by atoms with Crippen LogP contribution in [0.25, 0.3) is 23.2 Å². The van der Waals surface area contributed by atoms with Crippen LogP contribution in [0.5, 0.6) is 0 Å². The van der Waals surface area contributed by atoms with Crippen molar-refractivity contribution in [1.29, 1.82) is 0 Å². The summed E-state index contributed by atoms with van der Waals surface area (Å²) in [5.41, 5.74) is 1.21. The first-order valence-electron chi connectivity index (χ1n) is 6.01. The molecule has 2 aromatic heterocycles. The van der Waals surface area contributed by atoms with Crippen molar-refractivity contribution in [2.24, 2.45) is 7.05 Å². The number of pyridine rings is 1. The second kappa shape index (κ2) is 6.09. The quantitative estimate of drug-likeness (QED) is 0.803. The van der Waals surface area contributed by atoms with Crippen LogP contribution >= 0.6 is 0 Å². The molecule has 3 nitrogen and oxygen atoms in total. The summed E-state index contributed by atoms with van der Waals surface area (Å²) in [6, 6.07) is 2.04. The van der Waals surface area contributed by atoms with Gasteiger partial charge in [0, 0.05) is 48.6 Å². The molecule has 0 aliphatic heterocycles. The maximum absolute atomic E-state index is 4.17. The van der Waals surface area contributed by atoms with Crippen LogP contribution in [0.1, 0.15) is 20.8 Å². The molecule has 2 heterocycles. The van der Waals surface area contributed by atoms with Gasteiger partial charge < -0.3 is 9.88 Å². The lowest BCUT2D eigenvalue weighted by Gasteiger charge is -1.93. The number of aromatic nitrogens is 2. The van der Waals surface area contributed by atoms with Gasteiger partial charge in [0.05, 0.1) is 5.52 Å². The maximum atomic E-state index is 4.17. The molecule has 0 aliphatic carbocycles. The van der Waals surface area contributed by atoms with Crippen molar-refractivity contribution >= 4 is 23.2 Å². The van der Waals surface area contributed by atoms with Gasteiger partial charge in [-0.1, -0.05) is 19.9 Å². The molecule has 0 atom stereocenters. The Morgan fingerprint density at radius 1 is 1.35 bits per heavy atom. The van der Waals surface area contributed by atoms with E-state index in [4.69, 9.17) is 0 Å². The van der Waals surface area contributed by atoms with Gasteiger partial charge in [-0.05, 0) is 13.0 Å². The highest BCUT2D eigenvalue weighted by Crippen LogP contribution is 2.03. The van der Waals surface area contributed by atoms with Gasteiger partial charge in [0.25, 0.3) is 0 Å². The molecule has 2 aromatic rings. The van der Waals surface area contributed by atoms with Crippen LogP contribution in [-0.4, -0.2) is 16.6 Å². The van der Waals surface area contributed by atoms with Gasteiger partial charge in [-0.25, -0.2) is 0 Å². The fraction of sp³-hybridized carbons (Fsp3) is 0.357. The Labute approximate surface area is 102 Å². The third-order valence-electron chi connectivity index (χ3n) is 2.65. The third kappa shape index (κ3) is 2.33. The van der Waals surface area contributed by atoms with Crippen LogP contribution in [0, 0.1) is 0 Å². The number of fused-ring (bicyclic) bond motifs is 1. The molecule has 0 saturated carbocycles. The van der Waals surface area contributed by atoms with Crippen LogP contribution in [0.15, 0.2) is 18.5 Å². The van der Waals surface area contributed by atoms with Crippen molar-refractivity contribution in [1.82, 2.24) is 14.9 Å². The Hall–Kier alpha value is -1.77. The maximum Gasteiger partial charge on any atom is 0.0520 e. The molecule has 0 spiro atoms. The molecule has 0 bridgehead atoms. The first-order valence-corrected chi connectivity index (χ1v) is 6.01. The van der Waals surface area contributed by atoms with Crippen molar-refractivity contribution < 1.29 is 0 Å². The van der Waals surface area contributed by atoms with Gasteiger partial charge in [-0.2, -0.15) is 0 Å². The molecule has 17 heavy (non-hydrogen) atoms. The lowest BCUT2D eigenvalue weighted by atomic mass is 10.3. The normalized spacial score (nSPS) is 12.5. The zero-order valence-corrected chi connectivity index (χ0v) is 11.3. The minimum Gasteiger partial charge on any atom is -0.393 e. The average Bonchev–Trinajstić information content (AvgIpc) is 2.66. The summed E-state index contributed by atoms with van der Waals surface area (Å²) < 4.78 is 2.18. The van der Waals surface area contributed by atoms with Crippen molar-refractivity contribution in [3.8, 4) is 0 Å². The molecule has 1 N–H and O–H groups in total. The second-order valence-electron chi connectivity index (χ2n) is 3.47. The van der Waals surface area contributed by atoms with Crippen molar-refractivity contribution in [3.63, 3.8) is 0 Å². The van der Waals surface area contributed by atoms with Crippen molar-refractivity contribution in [3.05, 3.63) is 29.0 Å². The Balaban J connectivity index is 0.000000686. The summed E-state index contributed by atoms with van der Waals surface area (Å²) >= 11 is 0. The van der Waals surface area contributed by atoms with Crippen LogP contribution in [0.2, 0.25) is 0 Å². The smallest absolute Gasteiger partial charge is 0.0520 e. The number of nitrogens with zero attached hydrogens (tertiary/aromatic N) is 2. The van der Waals surface area contributed by atoms with Gasteiger partial charge >= 0.3 is 0 Å². The van der Waals surface area contributed by atoms with E-state index in [0.29, 0.717) is 0 Å².